The SMILES string of the molecule is C[C@@H]1N[C@H](CCCCCCCCC[C@](O)(CN[C@]2(C)CCN[C@H](N)C2)CC(=O)O)CC[C@H]1O. The van der Waals surface area contributed by atoms with Gasteiger partial charge in [-0.15, -0.1) is 0 Å². The van der Waals surface area contributed by atoms with Crippen molar-refractivity contribution in [2.75, 3.05) is 13.1 Å². The molecule has 0 unspecified atom stereocenters. The number of unbranched alkanes of at least 4 members (excludes halogenated alkanes) is 6. The summed E-state index contributed by atoms with van der Waals surface area (Å²) >= 11 is 0. The fourth-order valence-corrected chi connectivity index (χ4v) is 5.40. The lowest BCUT2D eigenvalue weighted by molar-refractivity contribution is -0.143. The second kappa shape index (κ2) is 14.0. The molecule has 0 aromatic rings. The second-order valence-corrected chi connectivity index (χ2v) is 11.0. The first-order valence-corrected chi connectivity index (χ1v) is 13.2. The summed E-state index contributed by atoms with van der Waals surface area (Å²) in [6, 6.07) is 0.755. The van der Waals surface area contributed by atoms with Crippen LogP contribution in [0.25, 0.3) is 0 Å². The van der Waals surface area contributed by atoms with Crippen LogP contribution in [0.3, 0.4) is 0 Å². The third kappa shape index (κ3) is 11.0. The molecule has 8 N–H and O–H groups in total. The van der Waals surface area contributed by atoms with Crippen molar-refractivity contribution in [1.82, 2.24) is 16.0 Å². The number of nitrogens with two attached hydrogens (primary N) is 1. The van der Waals surface area contributed by atoms with Crippen LogP contribution in [0.5, 0.6) is 0 Å². The number of β-amino-alcohol motifs (C(OH)–C–C–N with tert-alkyl or cyclic N) is 1. The number of aliphatic carboxylic acids is 1. The molecule has 8 nitrogen and oxygen atoms in total. The van der Waals surface area contributed by atoms with Gasteiger partial charge in [0.05, 0.1) is 24.3 Å². The minimum Gasteiger partial charge on any atom is -0.481 e. The second-order valence-electron chi connectivity index (χ2n) is 11.0. The Balaban J connectivity index is 1.57. The average Bonchev–Trinajstić information content (AvgIpc) is 2.73. The summed E-state index contributed by atoms with van der Waals surface area (Å²) in [6.07, 6.45) is 12.7. The van der Waals surface area contributed by atoms with Gasteiger partial charge < -0.3 is 37.0 Å². The Hall–Kier alpha value is -0.770. The van der Waals surface area contributed by atoms with Crippen LogP contribution >= 0.6 is 0 Å². The van der Waals surface area contributed by atoms with Gasteiger partial charge in [0.25, 0.3) is 0 Å². The number of aliphatic hydroxyl groups is 2. The number of aliphatic hydroxyl groups excluding tert-OH is 1. The molecule has 0 aliphatic carbocycles. The highest BCUT2D eigenvalue weighted by Crippen LogP contribution is 2.24. The van der Waals surface area contributed by atoms with E-state index in [1.54, 1.807) is 0 Å². The molecule has 2 heterocycles. The van der Waals surface area contributed by atoms with Crippen molar-refractivity contribution < 1.29 is 20.1 Å². The Labute approximate surface area is 200 Å². The van der Waals surface area contributed by atoms with Gasteiger partial charge in [-0.1, -0.05) is 44.9 Å². The number of hydrogen-bond donors (Lipinski definition) is 7. The van der Waals surface area contributed by atoms with Gasteiger partial charge in [-0.3, -0.25) is 4.79 Å². The zero-order chi connectivity index (χ0) is 24.3. The topological polar surface area (TPSA) is 140 Å². The van der Waals surface area contributed by atoms with Gasteiger partial charge in [-0.25, -0.2) is 0 Å². The molecule has 2 rings (SSSR count). The molecule has 0 spiro atoms. The fourth-order valence-electron chi connectivity index (χ4n) is 5.40. The summed E-state index contributed by atoms with van der Waals surface area (Å²) in [5, 5.41) is 40.3. The summed E-state index contributed by atoms with van der Waals surface area (Å²) in [4.78, 5) is 11.3. The Bertz CT molecular complexity index is 581. The van der Waals surface area contributed by atoms with Gasteiger partial charge in [0.1, 0.15) is 0 Å². The first kappa shape index (κ1) is 28.5. The predicted octanol–water partition coefficient (Wildman–Crippen LogP) is 2.22. The van der Waals surface area contributed by atoms with Crippen LogP contribution in [-0.2, 0) is 4.79 Å². The Morgan fingerprint density at radius 1 is 1.15 bits per heavy atom. The van der Waals surface area contributed by atoms with Gasteiger partial charge >= 0.3 is 5.97 Å². The highest BCUT2D eigenvalue weighted by molar-refractivity contribution is 5.68. The van der Waals surface area contributed by atoms with Crippen molar-refractivity contribution in [2.24, 2.45) is 5.73 Å². The summed E-state index contributed by atoms with van der Waals surface area (Å²) in [5.74, 6) is -0.956. The molecule has 33 heavy (non-hydrogen) atoms. The van der Waals surface area contributed by atoms with E-state index in [-0.39, 0.29) is 36.8 Å². The smallest absolute Gasteiger partial charge is 0.306 e. The van der Waals surface area contributed by atoms with Crippen LogP contribution in [0.15, 0.2) is 0 Å². The summed E-state index contributed by atoms with van der Waals surface area (Å²) in [6.45, 7) is 5.27. The van der Waals surface area contributed by atoms with E-state index in [1.807, 2.05) is 0 Å². The van der Waals surface area contributed by atoms with Crippen molar-refractivity contribution >= 4 is 5.97 Å². The molecule has 6 atom stereocenters. The lowest BCUT2D eigenvalue weighted by atomic mass is 9.86. The minimum absolute atomic E-state index is 0.0702. The van der Waals surface area contributed by atoms with E-state index in [1.165, 1.54) is 32.1 Å². The Morgan fingerprint density at radius 3 is 2.45 bits per heavy atom. The third-order valence-electron chi connectivity index (χ3n) is 7.66. The lowest BCUT2D eigenvalue weighted by Crippen LogP contribution is -2.59. The molecule has 0 aromatic heterocycles. The molecule has 2 saturated heterocycles. The monoisotopic (exact) mass is 470 g/mol. The molecule has 0 saturated carbocycles. The maximum Gasteiger partial charge on any atom is 0.306 e. The molecule has 2 aliphatic heterocycles. The quantitative estimate of drug-likeness (QED) is 0.181. The number of piperidine rings is 2. The molecule has 2 fully saturated rings. The normalized spacial score (nSPS) is 32.4. The van der Waals surface area contributed by atoms with Crippen molar-refractivity contribution in [2.45, 2.75) is 139 Å². The zero-order valence-electron chi connectivity index (χ0n) is 21.0. The van der Waals surface area contributed by atoms with Gasteiger partial charge in [0.2, 0.25) is 0 Å². The number of carboxylic acid groups (broad SMARTS) is 1. The van der Waals surface area contributed by atoms with Crippen molar-refractivity contribution in [3.63, 3.8) is 0 Å². The van der Waals surface area contributed by atoms with Gasteiger partial charge in [-0.2, -0.15) is 0 Å². The van der Waals surface area contributed by atoms with Crippen LogP contribution in [0, 0.1) is 0 Å². The molecule has 194 valence electrons. The average molecular weight is 471 g/mol. The van der Waals surface area contributed by atoms with E-state index in [4.69, 9.17) is 5.73 Å². The van der Waals surface area contributed by atoms with E-state index in [0.29, 0.717) is 12.5 Å². The van der Waals surface area contributed by atoms with Crippen molar-refractivity contribution in [1.29, 1.82) is 0 Å². The Morgan fingerprint density at radius 2 is 1.82 bits per heavy atom. The van der Waals surface area contributed by atoms with Crippen LogP contribution < -0.4 is 21.7 Å². The molecular formula is C25H50N4O4. The maximum atomic E-state index is 11.3. The molecule has 0 amide bonds. The van der Waals surface area contributed by atoms with Crippen LogP contribution in [-0.4, -0.2) is 69.9 Å². The highest BCUT2D eigenvalue weighted by atomic mass is 16.4. The first-order chi connectivity index (χ1) is 15.6. The number of hydrogen-bond acceptors (Lipinski definition) is 7. The summed E-state index contributed by atoms with van der Waals surface area (Å²) in [5.41, 5.74) is 4.62. The molecule has 2 aliphatic rings. The largest absolute Gasteiger partial charge is 0.481 e. The number of carboxylic acids is 1. The summed E-state index contributed by atoms with van der Waals surface area (Å²) < 4.78 is 0. The van der Waals surface area contributed by atoms with Crippen LogP contribution in [0.1, 0.15) is 104 Å². The lowest BCUT2D eigenvalue weighted by Gasteiger charge is -2.41. The van der Waals surface area contributed by atoms with Crippen molar-refractivity contribution in [3.8, 4) is 0 Å². The van der Waals surface area contributed by atoms with E-state index in [2.05, 4.69) is 29.8 Å². The van der Waals surface area contributed by atoms with Gasteiger partial charge in [0.15, 0.2) is 0 Å². The van der Waals surface area contributed by atoms with E-state index < -0.39 is 11.6 Å². The molecule has 0 bridgehead atoms. The van der Waals surface area contributed by atoms with Crippen molar-refractivity contribution in [3.05, 3.63) is 0 Å². The third-order valence-corrected chi connectivity index (χ3v) is 7.66. The van der Waals surface area contributed by atoms with Crippen LogP contribution in [0.4, 0.5) is 0 Å². The zero-order valence-corrected chi connectivity index (χ0v) is 21.0. The Kier molecular flexibility index (Phi) is 12.0. The molecule has 0 radical (unpaired) electrons. The molecule has 8 heteroatoms. The van der Waals surface area contributed by atoms with Gasteiger partial charge in [0, 0.05) is 24.2 Å². The molecular weight excluding hydrogens is 420 g/mol. The highest BCUT2D eigenvalue weighted by Gasteiger charge is 2.35. The van der Waals surface area contributed by atoms with E-state index in [0.717, 1.165) is 51.5 Å². The molecule has 0 aromatic carbocycles. The predicted molar refractivity (Wildman–Crippen MR) is 132 cm³/mol. The van der Waals surface area contributed by atoms with Gasteiger partial charge in [-0.05, 0) is 58.9 Å². The standard InChI is InChI=1S/C25H50N4O4/c1-19-21(30)12-11-20(29-19)10-8-6-4-3-5-7-9-13-25(33,17-23(31)32)18-28-24(2)14-15-27-22(26)16-24/h19-22,27-30,33H,3-18,26H2,1-2H3,(H,31,32)/t19-,20+,21+,22-,24+,25+/m0/s1. The number of nitrogens with one attached hydrogen (secondary N) is 3. The first-order valence-electron chi connectivity index (χ1n) is 13.2. The maximum absolute atomic E-state index is 11.3. The fraction of sp³-hybridized carbons (Fsp3) is 0.960. The van der Waals surface area contributed by atoms with Crippen LogP contribution in [0.2, 0.25) is 0 Å². The van der Waals surface area contributed by atoms with E-state index >= 15 is 0 Å². The number of carbonyl (C=O) groups is 1. The van der Waals surface area contributed by atoms with E-state index in [9.17, 15) is 20.1 Å². The minimum atomic E-state index is -1.22. The number of rotatable bonds is 15. The summed E-state index contributed by atoms with van der Waals surface area (Å²) in [7, 11) is 0.